The van der Waals surface area contributed by atoms with Gasteiger partial charge in [-0.15, -0.1) is 0 Å². The monoisotopic (exact) mass is 208 g/mol. The standard InChI is InChI=1S/C11H16N2O2/c12-10-2-1-3-11(15)9(10)7-13-5-4-8(14)6-13/h1-3,8,14-15H,4-7,12H2. The first-order valence-corrected chi connectivity index (χ1v) is 5.13. The smallest absolute Gasteiger partial charge is 0.122 e. The number of anilines is 1. The number of nitrogens with two attached hydrogens (primary N) is 1. The minimum atomic E-state index is -0.239. The lowest BCUT2D eigenvalue weighted by Gasteiger charge is -2.17. The van der Waals surface area contributed by atoms with Crippen LogP contribution in [0.15, 0.2) is 18.2 Å². The van der Waals surface area contributed by atoms with Crippen LogP contribution in [0.3, 0.4) is 0 Å². The summed E-state index contributed by atoms with van der Waals surface area (Å²) in [6, 6.07) is 5.15. The molecule has 4 heteroatoms. The number of β-amino-alcohol motifs (C(OH)–C–C–N with tert-alkyl or cyclic N) is 1. The van der Waals surface area contributed by atoms with Crippen LogP contribution >= 0.6 is 0 Å². The van der Waals surface area contributed by atoms with Crippen molar-refractivity contribution in [2.75, 3.05) is 18.8 Å². The highest BCUT2D eigenvalue weighted by Gasteiger charge is 2.21. The molecule has 0 radical (unpaired) electrons. The Labute approximate surface area is 88.9 Å². The van der Waals surface area contributed by atoms with Gasteiger partial charge >= 0.3 is 0 Å². The Morgan fingerprint density at radius 2 is 2.27 bits per heavy atom. The second-order valence-electron chi connectivity index (χ2n) is 4.02. The zero-order valence-electron chi connectivity index (χ0n) is 8.56. The Hall–Kier alpha value is -1.26. The summed E-state index contributed by atoms with van der Waals surface area (Å²) in [6.45, 7) is 2.12. The molecule has 0 spiro atoms. The van der Waals surface area contributed by atoms with Crippen LogP contribution in [0.1, 0.15) is 12.0 Å². The van der Waals surface area contributed by atoms with E-state index in [1.807, 2.05) is 0 Å². The molecule has 4 N–H and O–H groups in total. The van der Waals surface area contributed by atoms with Crippen molar-refractivity contribution in [1.29, 1.82) is 0 Å². The van der Waals surface area contributed by atoms with Crippen LogP contribution in [0.5, 0.6) is 5.75 Å². The summed E-state index contributed by atoms with van der Waals surface area (Å²) in [5.41, 5.74) is 7.15. The number of aliphatic hydroxyl groups is 1. The lowest BCUT2D eigenvalue weighted by molar-refractivity contribution is 0.174. The topological polar surface area (TPSA) is 69.7 Å². The molecular weight excluding hydrogens is 192 g/mol. The summed E-state index contributed by atoms with van der Waals surface area (Å²) in [7, 11) is 0. The highest BCUT2D eigenvalue weighted by molar-refractivity contribution is 5.53. The Bertz CT molecular complexity index is 334. The first-order valence-electron chi connectivity index (χ1n) is 5.13. The summed E-state index contributed by atoms with van der Waals surface area (Å²) < 4.78 is 0. The molecule has 1 saturated heterocycles. The molecule has 1 aliphatic heterocycles. The maximum absolute atomic E-state index is 9.65. The van der Waals surface area contributed by atoms with Crippen molar-refractivity contribution in [1.82, 2.24) is 4.90 Å². The van der Waals surface area contributed by atoms with E-state index < -0.39 is 0 Å². The van der Waals surface area contributed by atoms with Crippen LogP contribution in [0.4, 0.5) is 5.69 Å². The molecule has 1 unspecified atom stereocenters. The predicted octanol–water partition coefficient (Wildman–Crippen LogP) is 0.541. The summed E-state index contributed by atoms with van der Waals surface area (Å²) >= 11 is 0. The number of aliphatic hydroxyl groups excluding tert-OH is 1. The Morgan fingerprint density at radius 1 is 1.47 bits per heavy atom. The van der Waals surface area contributed by atoms with Crippen LogP contribution in [0, 0.1) is 0 Å². The van der Waals surface area contributed by atoms with Gasteiger partial charge in [-0.3, -0.25) is 4.90 Å². The van der Waals surface area contributed by atoms with Crippen LogP contribution in [-0.4, -0.2) is 34.3 Å². The van der Waals surface area contributed by atoms with E-state index in [1.54, 1.807) is 18.2 Å². The van der Waals surface area contributed by atoms with Gasteiger partial charge in [0.05, 0.1) is 6.10 Å². The minimum Gasteiger partial charge on any atom is -0.508 e. The zero-order valence-corrected chi connectivity index (χ0v) is 8.56. The molecule has 1 aromatic rings. The number of rotatable bonds is 2. The lowest BCUT2D eigenvalue weighted by atomic mass is 10.1. The SMILES string of the molecule is Nc1cccc(O)c1CN1CCC(O)C1. The first-order chi connectivity index (χ1) is 7.16. The third kappa shape index (κ3) is 2.22. The maximum atomic E-state index is 9.65. The van der Waals surface area contributed by atoms with Crippen molar-refractivity contribution in [2.45, 2.75) is 19.1 Å². The summed E-state index contributed by atoms with van der Waals surface area (Å²) in [5, 5.41) is 19.0. The fraction of sp³-hybridized carbons (Fsp3) is 0.455. The number of nitrogens with zero attached hydrogens (tertiary/aromatic N) is 1. The first kappa shape index (κ1) is 10.3. The van der Waals surface area contributed by atoms with Crippen molar-refractivity contribution >= 4 is 5.69 Å². The molecule has 1 fully saturated rings. The van der Waals surface area contributed by atoms with Gasteiger partial charge in [-0.1, -0.05) is 6.07 Å². The van der Waals surface area contributed by atoms with E-state index in [4.69, 9.17) is 5.73 Å². The molecule has 0 saturated carbocycles. The quantitative estimate of drug-likeness (QED) is 0.620. The molecule has 1 heterocycles. The molecular formula is C11H16N2O2. The van der Waals surface area contributed by atoms with E-state index in [1.165, 1.54) is 0 Å². The van der Waals surface area contributed by atoms with Gasteiger partial charge < -0.3 is 15.9 Å². The molecule has 0 bridgehead atoms. The number of aromatic hydroxyl groups is 1. The third-order valence-corrected chi connectivity index (χ3v) is 2.82. The fourth-order valence-corrected chi connectivity index (χ4v) is 1.94. The van der Waals surface area contributed by atoms with E-state index >= 15 is 0 Å². The molecule has 1 aliphatic rings. The lowest BCUT2D eigenvalue weighted by Crippen LogP contribution is -2.22. The Balaban J connectivity index is 2.10. The second kappa shape index (κ2) is 4.08. The van der Waals surface area contributed by atoms with Crippen molar-refractivity contribution < 1.29 is 10.2 Å². The fourth-order valence-electron chi connectivity index (χ4n) is 1.94. The van der Waals surface area contributed by atoms with Crippen LogP contribution < -0.4 is 5.73 Å². The molecule has 82 valence electrons. The van der Waals surface area contributed by atoms with Gasteiger partial charge in [0.2, 0.25) is 0 Å². The number of nitrogen functional groups attached to an aromatic ring is 1. The molecule has 2 rings (SSSR count). The van der Waals surface area contributed by atoms with Gasteiger partial charge in [0.1, 0.15) is 5.75 Å². The van der Waals surface area contributed by atoms with Gasteiger partial charge in [-0.05, 0) is 18.6 Å². The molecule has 0 aliphatic carbocycles. The van der Waals surface area contributed by atoms with Gasteiger partial charge in [0, 0.05) is 30.9 Å². The number of phenols is 1. The van der Waals surface area contributed by atoms with Crippen molar-refractivity contribution in [2.24, 2.45) is 0 Å². The van der Waals surface area contributed by atoms with E-state index in [2.05, 4.69) is 4.90 Å². The maximum Gasteiger partial charge on any atom is 0.122 e. The number of likely N-dealkylation sites (tertiary alicyclic amines) is 1. The highest BCUT2D eigenvalue weighted by Crippen LogP contribution is 2.25. The number of benzene rings is 1. The zero-order chi connectivity index (χ0) is 10.8. The van der Waals surface area contributed by atoms with Gasteiger partial charge in [0.15, 0.2) is 0 Å². The van der Waals surface area contributed by atoms with Gasteiger partial charge in [-0.25, -0.2) is 0 Å². The Morgan fingerprint density at radius 3 is 2.87 bits per heavy atom. The predicted molar refractivity (Wildman–Crippen MR) is 58.4 cm³/mol. The Kier molecular flexibility index (Phi) is 2.79. The minimum absolute atomic E-state index is 0.233. The average molecular weight is 208 g/mol. The number of hydrogen-bond donors (Lipinski definition) is 3. The summed E-state index contributed by atoms with van der Waals surface area (Å²) in [5.74, 6) is 0.233. The molecule has 1 atom stereocenters. The average Bonchev–Trinajstić information content (AvgIpc) is 2.58. The summed E-state index contributed by atoms with van der Waals surface area (Å²) in [6.07, 6.45) is 0.560. The van der Waals surface area contributed by atoms with Crippen LogP contribution in [-0.2, 0) is 6.54 Å². The molecule has 4 nitrogen and oxygen atoms in total. The van der Waals surface area contributed by atoms with Gasteiger partial charge in [0.25, 0.3) is 0 Å². The largest absolute Gasteiger partial charge is 0.508 e. The number of hydrogen-bond acceptors (Lipinski definition) is 4. The molecule has 0 amide bonds. The molecule has 1 aromatic carbocycles. The summed E-state index contributed by atoms with van der Waals surface area (Å²) in [4.78, 5) is 2.09. The molecule has 0 aromatic heterocycles. The number of phenolic OH excluding ortho intramolecular Hbond substituents is 1. The normalized spacial score (nSPS) is 22.1. The van der Waals surface area contributed by atoms with E-state index in [-0.39, 0.29) is 11.9 Å². The van der Waals surface area contributed by atoms with Crippen molar-refractivity contribution in [3.63, 3.8) is 0 Å². The van der Waals surface area contributed by atoms with Crippen molar-refractivity contribution in [3.05, 3.63) is 23.8 Å². The molecule has 15 heavy (non-hydrogen) atoms. The van der Waals surface area contributed by atoms with E-state index in [0.29, 0.717) is 18.8 Å². The highest BCUT2D eigenvalue weighted by atomic mass is 16.3. The van der Waals surface area contributed by atoms with E-state index in [9.17, 15) is 10.2 Å². The second-order valence-corrected chi connectivity index (χ2v) is 4.02. The van der Waals surface area contributed by atoms with E-state index in [0.717, 1.165) is 18.5 Å². The van der Waals surface area contributed by atoms with Gasteiger partial charge in [-0.2, -0.15) is 0 Å². The van der Waals surface area contributed by atoms with Crippen LogP contribution in [0.2, 0.25) is 0 Å². The third-order valence-electron chi connectivity index (χ3n) is 2.82. The van der Waals surface area contributed by atoms with Crippen molar-refractivity contribution in [3.8, 4) is 5.75 Å². The van der Waals surface area contributed by atoms with Crippen LogP contribution in [0.25, 0.3) is 0 Å².